The van der Waals surface area contributed by atoms with Gasteiger partial charge in [-0.15, -0.1) is 24.8 Å². The van der Waals surface area contributed by atoms with Crippen molar-refractivity contribution in [1.29, 1.82) is 0 Å². The molecule has 0 aromatic heterocycles. The predicted molar refractivity (Wildman–Crippen MR) is 70.9 cm³/mol. The van der Waals surface area contributed by atoms with Crippen molar-refractivity contribution in [3.05, 3.63) is 0 Å². The van der Waals surface area contributed by atoms with Gasteiger partial charge in [0, 0.05) is 45.3 Å². The number of rotatable bonds is 3. The van der Waals surface area contributed by atoms with E-state index in [0.717, 1.165) is 25.7 Å². The normalized spacial score (nSPS) is 27.2. The van der Waals surface area contributed by atoms with Crippen molar-refractivity contribution in [2.45, 2.75) is 12.5 Å². The Morgan fingerprint density at radius 2 is 1.81 bits per heavy atom. The van der Waals surface area contributed by atoms with Gasteiger partial charge in [-0.3, -0.25) is 9.80 Å². The van der Waals surface area contributed by atoms with Crippen LogP contribution in [0.2, 0.25) is 0 Å². The van der Waals surface area contributed by atoms with E-state index in [9.17, 15) is 0 Å². The minimum atomic E-state index is 0. The first-order valence-electron chi connectivity index (χ1n) is 5.68. The minimum absolute atomic E-state index is 0. The topological polar surface area (TPSA) is 38.7 Å². The molecule has 0 aromatic rings. The molecule has 0 bridgehead atoms. The highest BCUT2D eigenvalue weighted by Crippen LogP contribution is 2.11. The highest BCUT2D eigenvalue weighted by atomic mass is 35.5. The molecule has 0 amide bonds. The molecule has 2 heterocycles. The quantitative estimate of drug-likeness (QED) is 0.746. The zero-order valence-electron chi connectivity index (χ0n) is 9.60. The maximum atomic E-state index is 8.83. The summed E-state index contributed by atoms with van der Waals surface area (Å²) in [7, 11) is 0. The van der Waals surface area contributed by atoms with Gasteiger partial charge in [0.1, 0.15) is 0 Å². The highest BCUT2D eigenvalue weighted by molar-refractivity contribution is 5.85. The number of piperazine rings is 1. The van der Waals surface area contributed by atoms with Gasteiger partial charge in [-0.25, -0.2) is 0 Å². The molecule has 2 rings (SSSR count). The van der Waals surface area contributed by atoms with Crippen molar-refractivity contribution in [3.8, 4) is 0 Å². The van der Waals surface area contributed by atoms with Gasteiger partial charge < -0.3 is 10.4 Å². The van der Waals surface area contributed by atoms with Crippen LogP contribution in [0.15, 0.2) is 0 Å². The molecule has 2 N–H and O–H groups in total. The van der Waals surface area contributed by atoms with Crippen LogP contribution in [0.1, 0.15) is 6.42 Å². The van der Waals surface area contributed by atoms with Crippen LogP contribution in [0.4, 0.5) is 0 Å². The van der Waals surface area contributed by atoms with Crippen molar-refractivity contribution in [1.82, 2.24) is 15.1 Å². The minimum Gasteiger partial charge on any atom is -0.395 e. The molecule has 0 aliphatic carbocycles. The first-order valence-corrected chi connectivity index (χ1v) is 5.68. The molecule has 0 saturated carbocycles. The van der Waals surface area contributed by atoms with E-state index in [0.29, 0.717) is 6.61 Å². The van der Waals surface area contributed by atoms with Gasteiger partial charge in [-0.1, -0.05) is 0 Å². The summed E-state index contributed by atoms with van der Waals surface area (Å²) in [4.78, 5) is 4.94. The van der Waals surface area contributed by atoms with E-state index in [-0.39, 0.29) is 24.8 Å². The molecule has 0 spiro atoms. The second-order valence-corrected chi connectivity index (χ2v) is 4.25. The summed E-state index contributed by atoms with van der Waals surface area (Å²) in [6.07, 6.45) is 1.31. The molecule has 16 heavy (non-hydrogen) atoms. The summed E-state index contributed by atoms with van der Waals surface area (Å²) < 4.78 is 0. The Bertz CT molecular complexity index is 171. The Kier molecular flexibility index (Phi) is 8.73. The summed E-state index contributed by atoms with van der Waals surface area (Å²) in [5.74, 6) is 0. The maximum Gasteiger partial charge on any atom is 0.0558 e. The van der Waals surface area contributed by atoms with Crippen LogP contribution in [-0.2, 0) is 0 Å². The van der Waals surface area contributed by atoms with Crippen molar-refractivity contribution in [3.63, 3.8) is 0 Å². The van der Waals surface area contributed by atoms with Crippen LogP contribution < -0.4 is 5.32 Å². The molecule has 2 saturated heterocycles. The molecule has 4 nitrogen and oxygen atoms in total. The zero-order valence-corrected chi connectivity index (χ0v) is 11.2. The van der Waals surface area contributed by atoms with E-state index in [1.54, 1.807) is 0 Å². The molecule has 1 unspecified atom stereocenters. The third-order valence-corrected chi connectivity index (χ3v) is 3.37. The van der Waals surface area contributed by atoms with Crippen LogP contribution in [0.5, 0.6) is 0 Å². The number of hydrogen-bond donors (Lipinski definition) is 2. The molecule has 0 radical (unpaired) electrons. The van der Waals surface area contributed by atoms with Gasteiger partial charge in [0.2, 0.25) is 0 Å². The van der Waals surface area contributed by atoms with Crippen LogP contribution >= 0.6 is 24.8 Å². The van der Waals surface area contributed by atoms with Crippen LogP contribution in [0.25, 0.3) is 0 Å². The van der Waals surface area contributed by atoms with Gasteiger partial charge >= 0.3 is 0 Å². The molecule has 0 aromatic carbocycles. The van der Waals surface area contributed by atoms with Gasteiger partial charge in [0.05, 0.1) is 6.61 Å². The molecule has 2 aliphatic rings. The van der Waals surface area contributed by atoms with Gasteiger partial charge in [-0.2, -0.15) is 0 Å². The number of aliphatic hydroxyl groups is 1. The Morgan fingerprint density at radius 3 is 2.31 bits per heavy atom. The van der Waals surface area contributed by atoms with Crippen molar-refractivity contribution in [2.24, 2.45) is 0 Å². The summed E-state index contributed by atoms with van der Waals surface area (Å²) in [6, 6.07) is 0.770. The van der Waals surface area contributed by atoms with Gasteiger partial charge in [0.15, 0.2) is 0 Å². The molecular weight excluding hydrogens is 249 g/mol. The monoisotopic (exact) mass is 271 g/mol. The summed E-state index contributed by atoms with van der Waals surface area (Å²) >= 11 is 0. The van der Waals surface area contributed by atoms with E-state index in [2.05, 4.69) is 15.1 Å². The Morgan fingerprint density at radius 1 is 1.12 bits per heavy atom. The summed E-state index contributed by atoms with van der Waals surface area (Å²) in [6.45, 7) is 8.08. The van der Waals surface area contributed by atoms with Crippen molar-refractivity contribution in [2.75, 3.05) is 52.4 Å². The molecule has 2 fully saturated rings. The Labute approximate surface area is 110 Å². The van der Waals surface area contributed by atoms with E-state index >= 15 is 0 Å². The number of halogens is 2. The zero-order chi connectivity index (χ0) is 9.80. The lowest BCUT2D eigenvalue weighted by atomic mass is 10.2. The lowest BCUT2D eigenvalue weighted by Gasteiger charge is -2.37. The average molecular weight is 272 g/mol. The fourth-order valence-corrected chi connectivity index (χ4v) is 2.44. The highest BCUT2D eigenvalue weighted by Gasteiger charge is 2.25. The van der Waals surface area contributed by atoms with Crippen LogP contribution in [0, 0.1) is 0 Å². The van der Waals surface area contributed by atoms with Gasteiger partial charge in [0.25, 0.3) is 0 Å². The van der Waals surface area contributed by atoms with E-state index < -0.39 is 0 Å². The fourth-order valence-electron chi connectivity index (χ4n) is 2.44. The number of β-amino-alcohol motifs (C(OH)–C–C–N with tert-alkyl or cyclic N) is 1. The van der Waals surface area contributed by atoms with Gasteiger partial charge in [-0.05, 0) is 13.0 Å². The van der Waals surface area contributed by atoms with E-state index in [1.807, 2.05) is 0 Å². The van der Waals surface area contributed by atoms with E-state index in [4.69, 9.17) is 5.11 Å². The van der Waals surface area contributed by atoms with Crippen LogP contribution in [0.3, 0.4) is 0 Å². The average Bonchev–Trinajstić information content (AvgIpc) is 2.72. The standard InChI is InChI=1S/C10H21N3O.2ClH/c14-8-7-12-3-5-13(6-4-12)10-1-2-11-9-10;;/h10-11,14H,1-9H2;2*1H. The first kappa shape index (κ1) is 16.4. The molecule has 6 heteroatoms. The maximum absolute atomic E-state index is 8.83. The molecule has 2 aliphatic heterocycles. The molecular formula is C10H23Cl2N3O. The largest absolute Gasteiger partial charge is 0.395 e. The Balaban J connectivity index is 0.00000112. The second kappa shape index (κ2) is 8.50. The SMILES string of the molecule is Cl.Cl.OCCN1CCN(C2CCNC2)CC1. The Hall–Kier alpha value is 0.420. The third-order valence-electron chi connectivity index (χ3n) is 3.37. The smallest absolute Gasteiger partial charge is 0.0558 e. The molecule has 98 valence electrons. The number of nitrogens with one attached hydrogen (secondary N) is 1. The fraction of sp³-hybridized carbons (Fsp3) is 1.00. The molecule has 1 atom stereocenters. The number of aliphatic hydroxyl groups excluding tert-OH is 1. The summed E-state index contributed by atoms with van der Waals surface area (Å²) in [5.41, 5.74) is 0. The second-order valence-electron chi connectivity index (χ2n) is 4.25. The predicted octanol–water partition coefficient (Wildman–Crippen LogP) is -0.198. The lowest BCUT2D eigenvalue weighted by molar-refractivity contribution is 0.0891. The number of hydrogen-bond acceptors (Lipinski definition) is 4. The number of nitrogens with zero attached hydrogens (tertiary/aromatic N) is 2. The van der Waals surface area contributed by atoms with Crippen molar-refractivity contribution < 1.29 is 5.11 Å². The lowest BCUT2D eigenvalue weighted by Crippen LogP contribution is -2.51. The first-order chi connectivity index (χ1) is 6.90. The summed E-state index contributed by atoms with van der Waals surface area (Å²) in [5, 5.41) is 12.2. The van der Waals surface area contributed by atoms with E-state index in [1.165, 1.54) is 32.6 Å². The van der Waals surface area contributed by atoms with Crippen LogP contribution in [-0.4, -0.2) is 73.4 Å². The van der Waals surface area contributed by atoms with Crippen molar-refractivity contribution >= 4 is 24.8 Å². The third kappa shape index (κ3) is 4.35.